The van der Waals surface area contributed by atoms with E-state index < -0.39 is 0 Å². The number of fused-ring (bicyclic) bond motifs is 5. The van der Waals surface area contributed by atoms with Crippen molar-refractivity contribution in [2.45, 2.75) is 0 Å². The summed E-state index contributed by atoms with van der Waals surface area (Å²) in [6.07, 6.45) is 0. The molecule has 0 amide bonds. The fourth-order valence-corrected chi connectivity index (χ4v) is 7.37. The molecule has 52 heavy (non-hydrogen) atoms. The molecule has 0 saturated heterocycles. The zero-order valence-corrected chi connectivity index (χ0v) is 28.1. The minimum Gasteiger partial charge on any atom is -0.293 e. The largest absolute Gasteiger partial charge is 0.293 e. The van der Waals surface area contributed by atoms with Crippen molar-refractivity contribution in [3.05, 3.63) is 188 Å². The summed E-state index contributed by atoms with van der Waals surface area (Å²) in [7, 11) is 0. The molecule has 0 unspecified atom stereocenters. The Morgan fingerprint density at radius 1 is 0.327 bits per heavy atom. The number of hydrogen-bond acceptors (Lipinski definition) is 3. The zero-order valence-electron chi connectivity index (χ0n) is 28.1. The first-order valence-corrected chi connectivity index (χ1v) is 17.5. The molecule has 244 valence electrons. The molecular weight excluding hydrogens is 635 g/mol. The van der Waals surface area contributed by atoms with E-state index in [0.29, 0.717) is 17.5 Å². The maximum atomic E-state index is 5.11. The van der Waals surface area contributed by atoms with Gasteiger partial charge in [0, 0.05) is 33.3 Å². The van der Waals surface area contributed by atoms with Crippen molar-refractivity contribution in [3.8, 4) is 62.1 Å². The minimum atomic E-state index is 0.620. The quantitative estimate of drug-likeness (QED) is 0.178. The van der Waals surface area contributed by atoms with E-state index in [-0.39, 0.29) is 0 Å². The second kappa shape index (κ2) is 12.3. The van der Waals surface area contributed by atoms with Gasteiger partial charge in [0.25, 0.3) is 0 Å². The summed E-state index contributed by atoms with van der Waals surface area (Å²) in [6.45, 7) is 0. The summed E-state index contributed by atoms with van der Waals surface area (Å²) in [4.78, 5) is 15.2. The lowest BCUT2D eigenvalue weighted by Crippen LogP contribution is -2.01. The van der Waals surface area contributed by atoms with Crippen molar-refractivity contribution in [3.63, 3.8) is 0 Å². The van der Waals surface area contributed by atoms with Crippen LogP contribution in [0.15, 0.2) is 188 Å². The second-order valence-electron chi connectivity index (χ2n) is 12.9. The zero-order chi connectivity index (χ0) is 34.4. The van der Waals surface area contributed by atoms with Crippen molar-refractivity contribution in [2.24, 2.45) is 0 Å². The van der Waals surface area contributed by atoms with E-state index in [0.717, 1.165) is 44.6 Å². The second-order valence-corrected chi connectivity index (χ2v) is 12.9. The predicted molar refractivity (Wildman–Crippen MR) is 212 cm³/mol. The van der Waals surface area contributed by atoms with E-state index in [1.165, 1.54) is 27.6 Å². The SMILES string of the molecule is c1ccc(-c2ccc(-c3nc(-c4ccccc4)nc(-c4cccc(-n5c6ccccc6n6c7ccccc7c(-c7ccccc7)c56)c4)n3)cc2)cc1. The lowest BCUT2D eigenvalue weighted by Gasteiger charge is -2.12. The van der Waals surface area contributed by atoms with Crippen LogP contribution in [0.5, 0.6) is 0 Å². The van der Waals surface area contributed by atoms with Gasteiger partial charge in [-0.25, -0.2) is 15.0 Å². The Labute approximate surface area is 300 Å². The Bertz CT molecular complexity index is 2870. The summed E-state index contributed by atoms with van der Waals surface area (Å²) in [5.74, 6) is 1.89. The molecular formula is C47H31N5. The van der Waals surface area contributed by atoms with Crippen LogP contribution >= 0.6 is 0 Å². The third kappa shape index (κ3) is 4.98. The maximum absolute atomic E-state index is 5.11. The molecule has 0 saturated carbocycles. The first-order valence-electron chi connectivity index (χ1n) is 17.5. The van der Waals surface area contributed by atoms with Gasteiger partial charge in [0.2, 0.25) is 0 Å². The lowest BCUT2D eigenvalue weighted by atomic mass is 10.0. The molecule has 0 aliphatic rings. The lowest BCUT2D eigenvalue weighted by molar-refractivity contribution is 1.07. The average Bonchev–Trinajstić information content (AvgIpc) is 3.74. The van der Waals surface area contributed by atoms with Crippen LogP contribution in [-0.4, -0.2) is 23.9 Å². The Hall–Kier alpha value is -7.11. The van der Waals surface area contributed by atoms with Crippen LogP contribution in [0, 0.1) is 0 Å². The Morgan fingerprint density at radius 2 is 0.788 bits per heavy atom. The molecule has 0 radical (unpaired) electrons. The van der Waals surface area contributed by atoms with E-state index in [2.05, 4.69) is 161 Å². The van der Waals surface area contributed by atoms with Crippen LogP contribution in [0.4, 0.5) is 0 Å². The molecule has 5 nitrogen and oxygen atoms in total. The first-order chi connectivity index (χ1) is 25.8. The molecule has 0 fully saturated rings. The van der Waals surface area contributed by atoms with Crippen LogP contribution in [-0.2, 0) is 0 Å². The number of hydrogen-bond donors (Lipinski definition) is 0. The highest BCUT2D eigenvalue weighted by Gasteiger charge is 2.22. The Morgan fingerprint density at radius 3 is 1.46 bits per heavy atom. The molecule has 0 spiro atoms. The van der Waals surface area contributed by atoms with Crippen LogP contribution in [0.2, 0.25) is 0 Å². The molecule has 10 rings (SSSR count). The summed E-state index contributed by atoms with van der Waals surface area (Å²) in [6, 6.07) is 65.5. The standard InChI is InChI=1S/C47H31N5/c1-4-15-32(16-5-1)33-27-29-36(30-28-33)45-48-44(35-19-8-3-9-20-35)49-46(50-45)37-21-14-22-38(31-37)51-41-25-12-13-26-42(41)52-40-24-11-10-23-39(40)43(47(51)52)34-17-6-2-7-18-34/h1-31H. The van der Waals surface area contributed by atoms with Crippen molar-refractivity contribution < 1.29 is 0 Å². The third-order valence-corrected chi connectivity index (χ3v) is 9.77. The van der Waals surface area contributed by atoms with Crippen LogP contribution in [0.1, 0.15) is 0 Å². The monoisotopic (exact) mass is 665 g/mol. The van der Waals surface area contributed by atoms with Crippen LogP contribution in [0.25, 0.3) is 89.7 Å². The highest BCUT2D eigenvalue weighted by molar-refractivity contribution is 6.09. The van der Waals surface area contributed by atoms with E-state index >= 15 is 0 Å². The highest BCUT2D eigenvalue weighted by atomic mass is 15.1. The van der Waals surface area contributed by atoms with Gasteiger partial charge < -0.3 is 0 Å². The molecule has 3 heterocycles. The normalized spacial score (nSPS) is 11.5. The number of benzene rings is 7. The first kappa shape index (κ1) is 29.8. The van der Waals surface area contributed by atoms with Crippen molar-refractivity contribution in [1.82, 2.24) is 23.9 Å². The van der Waals surface area contributed by atoms with E-state index in [1.807, 2.05) is 36.4 Å². The fraction of sp³-hybridized carbons (Fsp3) is 0. The number of imidazole rings is 1. The van der Waals surface area contributed by atoms with Gasteiger partial charge in [0.15, 0.2) is 17.5 Å². The minimum absolute atomic E-state index is 0.620. The highest BCUT2D eigenvalue weighted by Crippen LogP contribution is 2.41. The summed E-state index contributed by atoms with van der Waals surface area (Å²) in [5.41, 5.74) is 13.1. The third-order valence-electron chi connectivity index (χ3n) is 9.77. The van der Waals surface area contributed by atoms with Gasteiger partial charge >= 0.3 is 0 Å². The molecule has 10 aromatic rings. The smallest absolute Gasteiger partial charge is 0.164 e. The molecule has 0 aliphatic carbocycles. The Kier molecular flexibility index (Phi) is 7.07. The summed E-state index contributed by atoms with van der Waals surface area (Å²) in [5, 5.41) is 1.22. The molecule has 3 aromatic heterocycles. The fourth-order valence-electron chi connectivity index (χ4n) is 7.37. The molecule has 0 N–H and O–H groups in total. The van der Waals surface area contributed by atoms with E-state index in [9.17, 15) is 0 Å². The topological polar surface area (TPSA) is 48.0 Å². The number of para-hydroxylation sites is 3. The average molecular weight is 666 g/mol. The molecule has 0 aliphatic heterocycles. The van der Waals surface area contributed by atoms with Gasteiger partial charge in [-0.05, 0) is 47.0 Å². The number of aromatic nitrogens is 5. The number of rotatable bonds is 6. The maximum Gasteiger partial charge on any atom is 0.164 e. The van der Waals surface area contributed by atoms with Gasteiger partial charge in [-0.2, -0.15) is 0 Å². The molecule has 7 aromatic carbocycles. The van der Waals surface area contributed by atoms with E-state index in [4.69, 9.17) is 15.0 Å². The molecule has 5 heteroatoms. The van der Waals surface area contributed by atoms with Crippen molar-refractivity contribution in [2.75, 3.05) is 0 Å². The predicted octanol–water partition coefficient (Wildman–Crippen LogP) is 11.6. The van der Waals surface area contributed by atoms with Crippen molar-refractivity contribution in [1.29, 1.82) is 0 Å². The number of nitrogens with zero attached hydrogens (tertiary/aromatic N) is 5. The Balaban J connectivity index is 1.18. The summed E-state index contributed by atoms with van der Waals surface area (Å²) >= 11 is 0. The van der Waals surface area contributed by atoms with Gasteiger partial charge in [-0.1, -0.05) is 158 Å². The van der Waals surface area contributed by atoms with Crippen LogP contribution < -0.4 is 0 Å². The summed E-state index contributed by atoms with van der Waals surface area (Å²) < 4.78 is 4.77. The van der Waals surface area contributed by atoms with Gasteiger partial charge in [-0.15, -0.1) is 0 Å². The van der Waals surface area contributed by atoms with Crippen LogP contribution in [0.3, 0.4) is 0 Å². The molecule has 0 bridgehead atoms. The van der Waals surface area contributed by atoms with Gasteiger partial charge in [-0.3, -0.25) is 8.97 Å². The van der Waals surface area contributed by atoms with Gasteiger partial charge in [0.1, 0.15) is 5.65 Å². The van der Waals surface area contributed by atoms with Crippen molar-refractivity contribution >= 4 is 27.6 Å². The van der Waals surface area contributed by atoms with Gasteiger partial charge in [0.05, 0.1) is 16.6 Å². The van der Waals surface area contributed by atoms with E-state index in [1.54, 1.807) is 0 Å². The molecule has 0 atom stereocenters.